The number of aromatic hydroxyl groups is 2. The first kappa shape index (κ1) is 24.2. The van der Waals surface area contributed by atoms with Gasteiger partial charge < -0.3 is 19.1 Å². The van der Waals surface area contributed by atoms with Gasteiger partial charge in [-0.15, -0.1) is 0 Å². The van der Waals surface area contributed by atoms with Crippen LogP contribution in [-0.2, 0) is 16.7 Å². The van der Waals surface area contributed by atoms with E-state index in [1.54, 1.807) is 42.5 Å². The van der Waals surface area contributed by atoms with Gasteiger partial charge in [-0.25, -0.2) is 0 Å². The molecule has 0 aliphatic heterocycles. The third-order valence-electron chi connectivity index (χ3n) is 5.64. The number of hydrogen-bond donors (Lipinski definition) is 2. The molecule has 6 nitrogen and oxygen atoms in total. The Kier molecular flexibility index (Phi) is 6.71. The Balaban J connectivity index is 1.61. The molecule has 0 aromatic heterocycles. The van der Waals surface area contributed by atoms with Crippen molar-refractivity contribution in [3.8, 4) is 45.3 Å². The van der Waals surface area contributed by atoms with Gasteiger partial charge >= 0.3 is 10.1 Å². The molecule has 0 heterocycles. The summed E-state index contributed by atoms with van der Waals surface area (Å²) in [4.78, 5) is 0. The molecule has 0 bridgehead atoms. The first-order valence-corrected chi connectivity index (χ1v) is 12.8. The lowest BCUT2D eigenvalue weighted by atomic mass is 9.90. The van der Waals surface area contributed by atoms with Crippen molar-refractivity contribution in [1.29, 1.82) is 0 Å². The molecule has 0 atom stereocenters. The van der Waals surface area contributed by atoms with Crippen LogP contribution in [0.3, 0.4) is 0 Å². The van der Waals surface area contributed by atoms with Gasteiger partial charge in [-0.3, -0.25) is 0 Å². The van der Waals surface area contributed by atoms with Crippen LogP contribution < -0.4 is 8.92 Å². The third kappa shape index (κ3) is 5.58. The fourth-order valence-electron chi connectivity index (χ4n) is 4.03. The predicted molar refractivity (Wildman–Crippen MR) is 136 cm³/mol. The van der Waals surface area contributed by atoms with Crippen LogP contribution in [0.4, 0.5) is 0 Å². The van der Waals surface area contributed by atoms with E-state index in [0.717, 1.165) is 28.5 Å². The second-order valence-electron chi connectivity index (χ2n) is 8.36. The molecule has 0 saturated carbocycles. The number of aryl methyl sites for hydroxylation is 1. The third-order valence-corrected chi connectivity index (χ3v) is 6.13. The topological polar surface area (TPSA) is 93.1 Å². The summed E-state index contributed by atoms with van der Waals surface area (Å²) in [6.45, 7) is 4.09. The average molecular weight is 491 g/mol. The smallest absolute Gasteiger partial charge is 0.306 e. The maximum absolute atomic E-state index is 11.3. The SMILES string of the molecule is Cc1cc(-c2ccc(OCc3ccccc3)c(O)c2)c(O)c(C)c1-c1ccc(OS(C)(=O)=O)cc1. The van der Waals surface area contributed by atoms with Crippen molar-refractivity contribution in [2.24, 2.45) is 0 Å². The number of benzene rings is 4. The highest BCUT2D eigenvalue weighted by atomic mass is 32.2. The molecule has 0 aliphatic rings. The fourth-order valence-corrected chi connectivity index (χ4v) is 4.49. The molecule has 0 saturated heterocycles. The molecular weight excluding hydrogens is 464 g/mol. The summed E-state index contributed by atoms with van der Waals surface area (Å²) >= 11 is 0. The highest BCUT2D eigenvalue weighted by Crippen LogP contribution is 2.42. The lowest BCUT2D eigenvalue weighted by molar-refractivity contribution is 0.289. The van der Waals surface area contributed by atoms with E-state index in [4.69, 9.17) is 8.92 Å². The second kappa shape index (κ2) is 9.72. The monoisotopic (exact) mass is 490 g/mol. The van der Waals surface area contributed by atoms with Crippen molar-refractivity contribution in [3.05, 3.63) is 95.6 Å². The molecule has 4 rings (SSSR count). The number of ether oxygens (including phenoxy) is 1. The van der Waals surface area contributed by atoms with Crippen LogP contribution in [0.5, 0.6) is 23.0 Å². The van der Waals surface area contributed by atoms with E-state index in [0.29, 0.717) is 29.0 Å². The summed E-state index contributed by atoms with van der Waals surface area (Å²) in [6.07, 6.45) is 0.992. The molecule has 4 aromatic rings. The van der Waals surface area contributed by atoms with Gasteiger partial charge in [0.1, 0.15) is 18.1 Å². The van der Waals surface area contributed by atoms with Gasteiger partial charge in [0.15, 0.2) is 11.5 Å². The molecule has 0 aliphatic carbocycles. The number of rotatable bonds is 7. The van der Waals surface area contributed by atoms with Gasteiger partial charge in [0.05, 0.1) is 6.26 Å². The second-order valence-corrected chi connectivity index (χ2v) is 9.93. The van der Waals surface area contributed by atoms with Crippen molar-refractivity contribution in [2.75, 3.05) is 6.26 Å². The highest BCUT2D eigenvalue weighted by molar-refractivity contribution is 7.86. The van der Waals surface area contributed by atoms with Gasteiger partial charge in [-0.1, -0.05) is 48.5 Å². The van der Waals surface area contributed by atoms with Crippen molar-refractivity contribution < 1.29 is 27.6 Å². The molecule has 0 unspecified atom stereocenters. The lowest BCUT2D eigenvalue weighted by Gasteiger charge is -2.17. The van der Waals surface area contributed by atoms with E-state index < -0.39 is 10.1 Å². The van der Waals surface area contributed by atoms with Gasteiger partial charge in [-0.05, 0) is 77.6 Å². The number of hydrogen-bond acceptors (Lipinski definition) is 6. The van der Waals surface area contributed by atoms with Crippen LogP contribution in [-0.4, -0.2) is 24.9 Å². The van der Waals surface area contributed by atoms with E-state index in [2.05, 4.69) is 0 Å². The van der Waals surface area contributed by atoms with Crippen LogP contribution in [0, 0.1) is 13.8 Å². The van der Waals surface area contributed by atoms with Crippen LogP contribution in [0.1, 0.15) is 16.7 Å². The van der Waals surface area contributed by atoms with E-state index >= 15 is 0 Å². The fraction of sp³-hybridized carbons (Fsp3) is 0.143. The maximum atomic E-state index is 11.3. The zero-order valence-corrected chi connectivity index (χ0v) is 20.5. The van der Waals surface area contributed by atoms with E-state index in [-0.39, 0.29) is 17.2 Å². The quantitative estimate of drug-likeness (QED) is 0.310. The molecular formula is C28H26O6S. The summed E-state index contributed by atoms with van der Waals surface area (Å²) < 4.78 is 33.3. The Labute approximate surface area is 205 Å². The van der Waals surface area contributed by atoms with Gasteiger partial charge in [0.25, 0.3) is 0 Å². The van der Waals surface area contributed by atoms with Crippen molar-refractivity contribution in [3.63, 3.8) is 0 Å². The summed E-state index contributed by atoms with van der Waals surface area (Å²) in [6, 6.07) is 23.2. The van der Waals surface area contributed by atoms with Crippen LogP contribution in [0.25, 0.3) is 22.3 Å². The van der Waals surface area contributed by atoms with Crippen LogP contribution in [0.2, 0.25) is 0 Å². The Bertz CT molecular complexity index is 1460. The molecule has 180 valence electrons. The van der Waals surface area contributed by atoms with Gasteiger partial charge in [0, 0.05) is 5.56 Å². The molecule has 35 heavy (non-hydrogen) atoms. The van der Waals surface area contributed by atoms with E-state index in [1.807, 2.05) is 50.2 Å². The highest BCUT2D eigenvalue weighted by Gasteiger charge is 2.17. The van der Waals surface area contributed by atoms with Gasteiger partial charge in [0.2, 0.25) is 0 Å². The van der Waals surface area contributed by atoms with Crippen LogP contribution in [0.15, 0.2) is 78.9 Å². The Hall–Kier alpha value is -3.97. The minimum Gasteiger partial charge on any atom is -0.507 e. The Morgan fingerprint density at radius 3 is 2.11 bits per heavy atom. The maximum Gasteiger partial charge on any atom is 0.306 e. The largest absolute Gasteiger partial charge is 0.507 e. The Morgan fingerprint density at radius 2 is 1.49 bits per heavy atom. The summed E-state index contributed by atoms with van der Waals surface area (Å²) in [5.74, 6) is 0.661. The molecule has 0 fully saturated rings. The Morgan fingerprint density at radius 1 is 0.829 bits per heavy atom. The average Bonchev–Trinajstić information content (AvgIpc) is 2.81. The van der Waals surface area contributed by atoms with E-state index in [1.165, 1.54) is 0 Å². The zero-order chi connectivity index (χ0) is 25.2. The summed E-state index contributed by atoms with van der Waals surface area (Å²) in [5.41, 5.74) is 5.47. The van der Waals surface area contributed by atoms with E-state index in [9.17, 15) is 18.6 Å². The summed E-state index contributed by atoms with van der Waals surface area (Å²) in [7, 11) is -3.61. The molecule has 0 radical (unpaired) electrons. The van der Waals surface area contributed by atoms with Crippen molar-refractivity contribution >= 4 is 10.1 Å². The standard InChI is InChI=1S/C28H26O6S/c1-18-15-24(22-11-14-26(25(29)16-22)33-17-20-7-5-4-6-8-20)28(30)19(2)27(18)21-9-12-23(13-10-21)34-35(3,31)32/h4-16,29-30H,17H2,1-3H3. The number of phenolic OH excluding ortho intramolecular Hbond substituents is 2. The molecule has 2 N–H and O–H groups in total. The minimum atomic E-state index is -3.61. The number of phenols is 2. The van der Waals surface area contributed by atoms with Gasteiger partial charge in [-0.2, -0.15) is 8.42 Å². The molecule has 0 spiro atoms. The van der Waals surface area contributed by atoms with Crippen molar-refractivity contribution in [1.82, 2.24) is 0 Å². The first-order valence-electron chi connectivity index (χ1n) is 11.0. The normalized spacial score (nSPS) is 11.3. The first-order chi connectivity index (χ1) is 16.6. The molecule has 4 aromatic carbocycles. The molecule has 7 heteroatoms. The zero-order valence-electron chi connectivity index (χ0n) is 19.6. The van der Waals surface area contributed by atoms with Crippen LogP contribution >= 0.6 is 0 Å². The minimum absolute atomic E-state index is 0.0151. The molecule has 0 amide bonds. The van der Waals surface area contributed by atoms with Crippen molar-refractivity contribution in [2.45, 2.75) is 20.5 Å². The lowest BCUT2D eigenvalue weighted by Crippen LogP contribution is -2.05. The summed E-state index contributed by atoms with van der Waals surface area (Å²) in [5, 5.41) is 21.6. The predicted octanol–water partition coefficient (Wildman–Crippen LogP) is 5.97.